The molecular weight excluding hydrogens is 400 g/mol. The van der Waals surface area contributed by atoms with Crippen molar-refractivity contribution in [2.24, 2.45) is 0 Å². The van der Waals surface area contributed by atoms with Crippen molar-refractivity contribution in [1.29, 1.82) is 0 Å². The Morgan fingerprint density at radius 2 is 2.07 bits per heavy atom. The van der Waals surface area contributed by atoms with E-state index in [9.17, 15) is 9.59 Å². The lowest BCUT2D eigenvalue weighted by molar-refractivity contribution is 0.0699. The van der Waals surface area contributed by atoms with Gasteiger partial charge < -0.3 is 9.64 Å². The van der Waals surface area contributed by atoms with Crippen molar-refractivity contribution in [3.8, 4) is 0 Å². The van der Waals surface area contributed by atoms with Crippen LogP contribution in [0.15, 0.2) is 34.0 Å². The number of amides is 1. The molecular formula is C22H30N4O3S. The fraction of sp³-hybridized carbons (Fsp3) is 0.591. The second kappa shape index (κ2) is 9.39. The largest absolute Gasteiger partial charge is 0.383 e. The van der Waals surface area contributed by atoms with Crippen molar-refractivity contribution in [2.75, 3.05) is 32.6 Å². The second-order valence-electron chi connectivity index (χ2n) is 7.98. The predicted molar refractivity (Wildman–Crippen MR) is 117 cm³/mol. The van der Waals surface area contributed by atoms with Crippen LogP contribution in [0.1, 0.15) is 60.7 Å². The number of aromatic nitrogens is 3. The SMILES string of the molecule is CCSc1ccccc1C(=O)N1CCCC(c2nn(CCOC)c(=O)n2C2CC2)C1. The second-order valence-corrected chi connectivity index (χ2v) is 9.28. The molecule has 1 saturated carbocycles. The molecule has 1 aliphatic heterocycles. The molecule has 162 valence electrons. The number of hydrogen-bond acceptors (Lipinski definition) is 5. The normalized spacial score (nSPS) is 19.3. The monoisotopic (exact) mass is 430 g/mol. The summed E-state index contributed by atoms with van der Waals surface area (Å²) in [6.07, 6.45) is 3.92. The van der Waals surface area contributed by atoms with Crippen molar-refractivity contribution >= 4 is 17.7 Å². The van der Waals surface area contributed by atoms with Gasteiger partial charge in [-0.25, -0.2) is 9.48 Å². The lowest BCUT2D eigenvalue weighted by Gasteiger charge is -2.32. The highest BCUT2D eigenvalue weighted by Gasteiger charge is 2.35. The van der Waals surface area contributed by atoms with Gasteiger partial charge in [0.05, 0.1) is 18.7 Å². The van der Waals surface area contributed by atoms with Gasteiger partial charge in [-0.1, -0.05) is 19.1 Å². The molecule has 1 saturated heterocycles. The summed E-state index contributed by atoms with van der Waals surface area (Å²) >= 11 is 1.70. The molecule has 1 aromatic carbocycles. The molecule has 30 heavy (non-hydrogen) atoms. The third-order valence-electron chi connectivity index (χ3n) is 5.81. The molecule has 1 amide bonds. The van der Waals surface area contributed by atoms with E-state index < -0.39 is 0 Å². The fourth-order valence-corrected chi connectivity index (χ4v) is 4.98. The Kier molecular flexibility index (Phi) is 6.63. The lowest BCUT2D eigenvalue weighted by atomic mass is 9.96. The zero-order chi connectivity index (χ0) is 21.1. The van der Waals surface area contributed by atoms with E-state index in [0.717, 1.165) is 54.3 Å². The molecule has 1 unspecified atom stereocenters. The van der Waals surface area contributed by atoms with Crippen molar-refractivity contribution in [2.45, 2.75) is 56.0 Å². The van der Waals surface area contributed by atoms with Gasteiger partial charge in [0.25, 0.3) is 5.91 Å². The van der Waals surface area contributed by atoms with Crippen LogP contribution in [0.3, 0.4) is 0 Å². The van der Waals surface area contributed by atoms with Gasteiger partial charge in [-0.3, -0.25) is 9.36 Å². The van der Waals surface area contributed by atoms with E-state index in [4.69, 9.17) is 9.84 Å². The van der Waals surface area contributed by atoms with Crippen LogP contribution < -0.4 is 5.69 Å². The van der Waals surface area contributed by atoms with Crippen LogP contribution >= 0.6 is 11.8 Å². The highest BCUT2D eigenvalue weighted by atomic mass is 32.2. The number of ether oxygens (including phenoxy) is 1. The number of methoxy groups -OCH3 is 1. The third kappa shape index (κ3) is 4.34. The number of benzene rings is 1. The molecule has 7 nitrogen and oxygen atoms in total. The average Bonchev–Trinajstić information content (AvgIpc) is 3.55. The van der Waals surface area contributed by atoms with E-state index in [1.54, 1.807) is 18.9 Å². The van der Waals surface area contributed by atoms with Gasteiger partial charge in [0.15, 0.2) is 0 Å². The summed E-state index contributed by atoms with van der Waals surface area (Å²) in [6, 6.07) is 8.11. The topological polar surface area (TPSA) is 69.4 Å². The number of likely N-dealkylation sites (tertiary alicyclic amines) is 1. The van der Waals surface area contributed by atoms with Crippen molar-refractivity contribution in [1.82, 2.24) is 19.2 Å². The molecule has 0 spiro atoms. The van der Waals surface area contributed by atoms with E-state index in [1.807, 2.05) is 33.7 Å². The van der Waals surface area contributed by atoms with Gasteiger partial charge in [-0.05, 0) is 43.6 Å². The van der Waals surface area contributed by atoms with Gasteiger partial charge >= 0.3 is 5.69 Å². The summed E-state index contributed by atoms with van der Waals surface area (Å²) < 4.78 is 8.55. The minimum absolute atomic E-state index is 0.0438. The van der Waals surface area contributed by atoms with Gasteiger partial charge in [0, 0.05) is 37.1 Å². The number of piperidine rings is 1. The summed E-state index contributed by atoms with van der Waals surface area (Å²) in [5.41, 5.74) is 0.730. The molecule has 1 aliphatic carbocycles. The highest BCUT2D eigenvalue weighted by molar-refractivity contribution is 7.99. The molecule has 0 radical (unpaired) electrons. The van der Waals surface area contributed by atoms with Crippen LogP contribution in [0.5, 0.6) is 0 Å². The average molecular weight is 431 g/mol. The maximum atomic E-state index is 13.3. The van der Waals surface area contributed by atoms with E-state index in [0.29, 0.717) is 19.7 Å². The van der Waals surface area contributed by atoms with E-state index in [2.05, 4.69) is 6.92 Å². The fourth-order valence-electron chi connectivity index (χ4n) is 4.18. The first-order valence-corrected chi connectivity index (χ1v) is 11.8. The lowest BCUT2D eigenvalue weighted by Crippen LogP contribution is -2.40. The number of carbonyl (C=O) groups excluding carboxylic acids is 1. The maximum Gasteiger partial charge on any atom is 0.346 e. The summed E-state index contributed by atoms with van der Waals surface area (Å²) in [5, 5.41) is 4.69. The molecule has 0 N–H and O–H groups in total. The van der Waals surface area contributed by atoms with Crippen LogP contribution in [0, 0.1) is 0 Å². The Hall–Kier alpha value is -2.06. The molecule has 2 aliphatic rings. The third-order valence-corrected chi connectivity index (χ3v) is 6.76. The minimum atomic E-state index is -0.0438. The summed E-state index contributed by atoms with van der Waals surface area (Å²) in [6.45, 7) is 4.37. The first-order chi connectivity index (χ1) is 14.6. The Bertz CT molecular complexity index is 950. The summed E-state index contributed by atoms with van der Waals surface area (Å²) in [4.78, 5) is 29.2. The molecule has 1 atom stereocenters. The molecule has 2 heterocycles. The number of nitrogens with zero attached hydrogens (tertiary/aromatic N) is 4. The Morgan fingerprint density at radius 3 is 2.80 bits per heavy atom. The van der Waals surface area contributed by atoms with Crippen LogP contribution in [-0.2, 0) is 11.3 Å². The van der Waals surface area contributed by atoms with E-state index in [1.165, 1.54) is 4.68 Å². The Labute approximate surface area is 181 Å². The van der Waals surface area contributed by atoms with Crippen molar-refractivity contribution < 1.29 is 9.53 Å². The van der Waals surface area contributed by atoms with Crippen LogP contribution in [0.25, 0.3) is 0 Å². The Morgan fingerprint density at radius 1 is 1.27 bits per heavy atom. The van der Waals surface area contributed by atoms with Crippen molar-refractivity contribution in [3.05, 3.63) is 46.1 Å². The number of carbonyl (C=O) groups is 1. The zero-order valence-electron chi connectivity index (χ0n) is 17.7. The van der Waals surface area contributed by atoms with E-state index >= 15 is 0 Å². The number of hydrogen-bond donors (Lipinski definition) is 0. The molecule has 4 rings (SSSR count). The quantitative estimate of drug-likeness (QED) is 0.602. The van der Waals surface area contributed by atoms with Crippen LogP contribution in [0.4, 0.5) is 0 Å². The molecule has 2 fully saturated rings. The van der Waals surface area contributed by atoms with Gasteiger partial charge in [0.2, 0.25) is 0 Å². The summed E-state index contributed by atoms with van der Waals surface area (Å²) in [7, 11) is 1.63. The van der Waals surface area contributed by atoms with Gasteiger partial charge in [-0.15, -0.1) is 11.8 Å². The molecule has 0 bridgehead atoms. The highest BCUT2D eigenvalue weighted by Crippen LogP contribution is 2.37. The first-order valence-electron chi connectivity index (χ1n) is 10.8. The smallest absolute Gasteiger partial charge is 0.346 e. The Balaban J connectivity index is 1.57. The molecule has 2 aromatic rings. The summed E-state index contributed by atoms with van der Waals surface area (Å²) in [5.74, 6) is 1.94. The molecule has 8 heteroatoms. The van der Waals surface area contributed by atoms with Crippen molar-refractivity contribution in [3.63, 3.8) is 0 Å². The number of rotatable bonds is 8. The first kappa shape index (κ1) is 21.2. The minimum Gasteiger partial charge on any atom is -0.383 e. The van der Waals surface area contributed by atoms with E-state index in [-0.39, 0.29) is 23.6 Å². The number of thioether (sulfide) groups is 1. The maximum absolute atomic E-state index is 13.3. The standard InChI is InChI=1S/C22H30N4O3S/c1-3-30-19-9-5-4-8-18(19)21(27)24-12-6-7-16(15-24)20-23-25(13-14-29-2)22(28)26(20)17-10-11-17/h4-5,8-9,16-17H,3,6-7,10-15H2,1-2H3. The van der Waals surface area contributed by atoms with Gasteiger partial charge in [-0.2, -0.15) is 5.10 Å². The molecule has 1 aromatic heterocycles. The van der Waals surface area contributed by atoms with Gasteiger partial charge in [0.1, 0.15) is 5.82 Å². The zero-order valence-corrected chi connectivity index (χ0v) is 18.6. The van der Waals surface area contributed by atoms with Crippen LogP contribution in [0.2, 0.25) is 0 Å². The van der Waals surface area contributed by atoms with Crippen LogP contribution in [-0.4, -0.2) is 57.7 Å². The predicted octanol–water partition coefficient (Wildman–Crippen LogP) is 3.16.